The van der Waals surface area contributed by atoms with Gasteiger partial charge in [0, 0.05) is 11.3 Å². The summed E-state index contributed by atoms with van der Waals surface area (Å²) in [5.74, 6) is -1.73. The second-order valence-corrected chi connectivity index (χ2v) is 16.8. The predicted octanol–water partition coefficient (Wildman–Crippen LogP) is 8.18. The number of imide groups is 1. The maximum atomic E-state index is 14.6. The first kappa shape index (κ1) is 32.8. The molecule has 240 valence electrons. The van der Waals surface area contributed by atoms with Crippen molar-refractivity contribution in [3.63, 3.8) is 0 Å². The molecule has 1 saturated heterocycles. The van der Waals surface area contributed by atoms with Crippen LogP contribution in [0.15, 0.2) is 103 Å². The molecule has 2 N–H and O–H groups in total. The number of hydrogen-bond donors (Lipinski definition) is 2. The summed E-state index contributed by atoms with van der Waals surface area (Å²) >= 11 is 0. The SMILES string of the molecule is C[Si](C)(C)Oc1ccc([C@@H](Nc2ccc(F)cc2)[C@@H](CC[C@H](O)c2ccccc2F)C(=O)N2C(=O)OC[C@@H]2c2ccccc2)cc1. The summed E-state index contributed by atoms with van der Waals surface area (Å²) in [4.78, 5) is 28.9. The summed E-state index contributed by atoms with van der Waals surface area (Å²) in [5, 5.41) is 14.5. The molecule has 0 saturated carbocycles. The first-order chi connectivity index (χ1) is 22.0. The number of nitrogens with zero attached hydrogens (tertiary/aromatic N) is 1. The van der Waals surface area contributed by atoms with Gasteiger partial charge >= 0.3 is 6.09 Å². The van der Waals surface area contributed by atoms with Crippen molar-refractivity contribution in [3.8, 4) is 5.75 Å². The molecule has 1 aliphatic rings. The molecule has 0 radical (unpaired) electrons. The van der Waals surface area contributed by atoms with Gasteiger partial charge in [-0.3, -0.25) is 4.79 Å². The summed E-state index contributed by atoms with van der Waals surface area (Å²) in [5.41, 5.74) is 2.11. The van der Waals surface area contributed by atoms with Crippen molar-refractivity contribution in [3.05, 3.63) is 131 Å². The monoisotopic (exact) mass is 644 g/mol. The van der Waals surface area contributed by atoms with E-state index >= 15 is 0 Å². The van der Waals surface area contributed by atoms with E-state index in [4.69, 9.17) is 9.16 Å². The molecule has 4 aromatic carbocycles. The largest absolute Gasteiger partial charge is 0.544 e. The minimum absolute atomic E-state index is 0.00204. The molecule has 0 unspecified atom stereocenters. The van der Waals surface area contributed by atoms with E-state index in [1.165, 1.54) is 24.3 Å². The Morgan fingerprint density at radius 1 is 0.935 bits per heavy atom. The number of amides is 2. The highest BCUT2D eigenvalue weighted by Gasteiger charge is 2.44. The number of anilines is 1. The van der Waals surface area contributed by atoms with E-state index in [9.17, 15) is 23.5 Å². The molecule has 0 aliphatic carbocycles. The Balaban J connectivity index is 1.55. The van der Waals surface area contributed by atoms with Gasteiger partial charge < -0.3 is 19.6 Å². The van der Waals surface area contributed by atoms with Crippen LogP contribution in [0, 0.1) is 17.6 Å². The Hall–Kier alpha value is -4.54. The quantitative estimate of drug-likeness (QED) is 0.151. The fourth-order valence-electron chi connectivity index (χ4n) is 5.67. The molecule has 1 heterocycles. The summed E-state index contributed by atoms with van der Waals surface area (Å²) in [7, 11) is -1.90. The first-order valence-corrected chi connectivity index (χ1v) is 18.7. The molecule has 2 amide bonds. The highest BCUT2D eigenvalue weighted by atomic mass is 28.4. The molecule has 4 aromatic rings. The highest BCUT2D eigenvalue weighted by molar-refractivity contribution is 6.70. The van der Waals surface area contributed by atoms with E-state index in [1.54, 1.807) is 24.3 Å². The predicted molar refractivity (Wildman–Crippen MR) is 175 cm³/mol. The van der Waals surface area contributed by atoms with E-state index in [0.717, 1.165) is 10.5 Å². The molecule has 1 aliphatic heterocycles. The number of aliphatic hydroxyl groups is 1. The van der Waals surface area contributed by atoms with Crippen molar-refractivity contribution in [1.82, 2.24) is 4.90 Å². The summed E-state index contributed by atoms with van der Waals surface area (Å²) in [6.45, 7) is 6.23. The number of cyclic esters (lactones) is 1. The van der Waals surface area contributed by atoms with Crippen molar-refractivity contribution in [1.29, 1.82) is 0 Å². The van der Waals surface area contributed by atoms with E-state index in [-0.39, 0.29) is 25.0 Å². The number of carbonyl (C=O) groups is 2. The van der Waals surface area contributed by atoms with Crippen LogP contribution in [-0.2, 0) is 9.53 Å². The van der Waals surface area contributed by atoms with Crippen molar-refractivity contribution in [2.75, 3.05) is 11.9 Å². The molecule has 0 bridgehead atoms. The lowest BCUT2D eigenvalue weighted by Gasteiger charge is -2.33. The van der Waals surface area contributed by atoms with E-state index in [0.29, 0.717) is 17.0 Å². The third-order valence-corrected chi connectivity index (χ3v) is 8.71. The Morgan fingerprint density at radius 3 is 2.24 bits per heavy atom. The van der Waals surface area contributed by atoms with Crippen molar-refractivity contribution >= 4 is 26.0 Å². The molecular weight excluding hydrogens is 606 g/mol. The van der Waals surface area contributed by atoms with Crippen molar-refractivity contribution in [2.45, 2.75) is 50.7 Å². The molecule has 4 atom stereocenters. The van der Waals surface area contributed by atoms with Crippen LogP contribution in [0.2, 0.25) is 19.6 Å². The number of ether oxygens (including phenoxy) is 1. The fourth-order valence-corrected chi connectivity index (χ4v) is 6.52. The zero-order chi connectivity index (χ0) is 32.8. The third kappa shape index (κ3) is 7.99. The van der Waals surface area contributed by atoms with E-state index in [2.05, 4.69) is 25.0 Å². The van der Waals surface area contributed by atoms with Crippen LogP contribution in [0.25, 0.3) is 0 Å². The third-order valence-electron chi connectivity index (χ3n) is 7.86. The Morgan fingerprint density at radius 2 is 1.59 bits per heavy atom. The molecular formula is C36H38F2N2O5Si. The number of nitrogens with one attached hydrogen (secondary N) is 1. The second-order valence-electron chi connectivity index (χ2n) is 12.3. The Labute approximate surface area is 268 Å². The molecule has 0 aromatic heterocycles. The number of aliphatic hydroxyl groups excluding tert-OH is 1. The van der Waals surface area contributed by atoms with Crippen LogP contribution < -0.4 is 9.74 Å². The van der Waals surface area contributed by atoms with Gasteiger partial charge in [-0.2, -0.15) is 0 Å². The average molecular weight is 645 g/mol. The number of rotatable bonds is 12. The van der Waals surface area contributed by atoms with Crippen LogP contribution >= 0.6 is 0 Å². The van der Waals surface area contributed by atoms with Gasteiger partial charge in [-0.05, 0) is 86.1 Å². The van der Waals surface area contributed by atoms with Gasteiger partial charge in [0.15, 0.2) is 0 Å². The normalized spacial score (nSPS) is 16.8. The number of halogens is 2. The molecule has 1 fully saturated rings. The van der Waals surface area contributed by atoms with E-state index < -0.39 is 56.1 Å². The zero-order valence-electron chi connectivity index (χ0n) is 26.0. The lowest BCUT2D eigenvalue weighted by molar-refractivity contribution is -0.134. The smallest absolute Gasteiger partial charge is 0.417 e. The second kappa shape index (κ2) is 14.3. The number of benzene rings is 4. The molecule has 46 heavy (non-hydrogen) atoms. The number of hydrogen-bond acceptors (Lipinski definition) is 6. The summed E-state index contributed by atoms with van der Waals surface area (Å²) in [6, 6.07) is 26.8. The van der Waals surface area contributed by atoms with Gasteiger partial charge in [-0.15, -0.1) is 0 Å². The minimum Gasteiger partial charge on any atom is -0.544 e. The maximum Gasteiger partial charge on any atom is 0.417 e. The molecule has 10 heteroatoms. The molecule has 0 spiro atoms. The topological polar surface area (TPSA) is 88.1 Å². The summed E-state index contributed by atoms with van der Waals surface area (Å²) in [6.07, 6.45) is -1.87. The van der Waals surface area contributed by atoms with Gasteiger partial charge in [0.2, 0.25) is 14.2 Å². The van der Waals surface area contributed by atoms with Gasteiger partial charge in [-0.1, -0.05) is 60.7 Å². The van der Waals surface area contributed by atoms with Crippen LogP contribution in [0.5, 0.6) is 5.75 Å². The van der Waals surface area contributed by atoms with Gasteiger partial charge in [0.25, 0.3) is 0 Å². The molecule has 5 rings (SSSR count). The first-order valence-electron chi connectivity index (χ1n) is 15.3. The average Bonchev–Trinajstić information content (AvgIpc) is 3.42. The van der Waals surface area contributed by atoms with Gasteiger partial charge in [0.05, 0.1) is 18.1 Å². The van der Waals surface area contributed by atoms with Crippen LogP contribution in [0.3, 0.4) is 0 Å². The Bertz CT molecular complexity index is 1630. The van der Waals surface area contributed by atoms with Gasteiger partial charge in [0.1, 0.15) is 30.0 Å². The van der Waals surface area contributed by atoms with Crippen LogP contribution in [0.1, 0.15) is 47.7 Å². The van der Waals surface area contributed by atoms with Crippen LogP contribution in [0.4, 0.5) is 19.3 Å². The van der Waals surface area contributed by atoms with Crippen molar-refractivity contribution < 1.29 is 32.6 Å². The van der Waals surface area contributed by atoms with Gasteiger partial charge in [-0.25, -0.2) is 18.5 Å². The highest BCUT2D eigenvalue weighted by Crippen LogP contribution is 2.38. The minimum atomic E-state index is -1.90. The standard InChI is InChI=1S/C36H38F2N2O5Si/c1-46(2,3)45-28-19-13-25(14-20-28)34(39-27-17-15-26(37)16-18-27)30(21-22-33(41)29-11-7-8-12-31(29)38)35(42)40-32(23-44-36(40)43)24-9-5-4-6-10-24/h4-20,30,32-34,39,41H,21-23H2,1-3H3/t30-,32-,33+,34-/m1/s1. The van der Waals surface area contributed by atoms with Crippen molar-refractivity contribution in [2.24, 2.45) is 5.92 Å². The lowest BCUT2D eigenvalue weighted by Crippen LogP contribution is -2.42. The number of carbonyl (C=O) groups excluding carboxylic acids is 2. The Kier molecular flexibility index (Phi) is 10.2. The fraction of sp³-hybridized carbons (Fsp3) is 0.278. The lowest BCUT2D eigenvalue weighted by atomic mass is 9.85. The van der Waals surface area contributed by atoms with E-state index in [1.807, 2.05) is 54.6 Å². The zero-order valence-corrected chi connectivity index (χ0v) is 27.0. The maximum absolute atomic E-state index is 14.6. The molecule has 7 nitrogen and oxygen atoms in total. The van der Waals surface area contributed by atoms with Crippen LogP contribution in [-0.4, -0.2) is 36.9 Å². The summed E-state index contributed by atoms with van der Waals surface area (Å²) < 4.78 is 40.0.